The van der Waals surface area contributed by atoms with E-state index < -0.39 is 57.6 Å². The Morgan fingerprint density at radius 2 is 1.22 bits per heavy atom. The number of carbonyl (C=O) groups is 2. The van der Waals surface area contributed by atoms with E-state index >= 15 is 0 Å². The van der Waals surface area contributed by atoms with Crippen LogP contribution in [0.3, 0.4) is 0 Å². The van der Waals surface area contributed by atoms with Gasteiger partial charge >= 0.3 is 133 Å². The molecule has 0 aliphatic carbocycles. The maximum atomic E-state index is 12.7. The van der Waals surface area contributed by atoms with Gasteiger partial charge in [-0.25, -0.2) is 0 Å². The molecule has 0 saturated carbocycles. The second-order valence-electron chi connectivity index (χ2n) is 4.79. The van der Waals surface area contributed by atoms with Gasteiger partial charge in [-0.3, -0.25) is 0 Å². The molecule has 0 N–H and O–H groups in total. The van der Waals surface area contributed by atoms with Crippen molar-refractivity contribution in [2.45, 2.75) is 12.4 Å². The zero-order chi connectivity index (χ0) is 17.2. The number of rotatable bonds is 2. The number of nitrogens with zero attached hydrogens (tertiary/aromatic N) is 2. The molecule has 0 aromatic heterocycles. The molecule has 11 heteroatoms. The number of carbonyl (C=O) groups excluding carboxylic acids is 2. The number of amides is 2. The van der Waals surface area contributed by atoms with Gasteiger partial charge in [0.05, 0.1) is 0 Å². The third kappa shape index (κ3) is 2.74. The normalized spacial score (nSPS) is 19.0. The van der Waals surface area contributed by atoms with Gasteiger partial charge in [-0.1, -0.05) is 0 Å². The van der Waals surface area contributed by atoms with Crippen LogP contribution in [0.2, 0.25) is 0 Å². The number of alkyl halides is 6. The second-order valence-corrected chi connectivity index (χ2v) is 9.60. The van der Waals surface area contributed by atoms with Crippen LogP contribution in [0.5, 0.6) is 0 Å². The van der Waals surface area contributed by atoms with Gasteiger partial charge < -0.3 is 0 Å². The molecular weight excluding hydrogens is 445 g/mol. The monoisotopic (exact) mass is 452 g/mol. The molecule has 4 nitrogen and oxygen atoms in total. The van der Waals surface area contributed by atoms with Gasteiger partial charge in [-0.05, 0) is 0 Å². The average Bonchev–Trinajstić information content (AvgIpc) is 2.81. The number of benzene rings is 1. The summed E-state index contributed by atoms with van der Waals surface area (Å²) < 4.78 is 77.1. The zero-order valence-electron chi connectivity index (χ0n) is 11.0. The topological polar surface area (TPSA) is 40.6 Å². The van der Waals surface area contributed by atoms with Crippen molar-refractivity contribution in [2.24, 2.45) is 0 Å². The Kier molecular flexibility index (Phi) is 3.54. The summed E-state index contributed by atoms with van der Waals surface area (Å²) in [6, 6.07) is 3.77. The standard InChI is InChI=1S/C12H7F6IN2O2/c13-11(14,15)4-20-9(22)6-2-1-3-7-8(6)19(20)21(10(7)23)5-12(16,17)18/h1-3H,4-5H2. The molecule has 0 bridgehead atoms. The summed E-state index contributed by atoms with van der Waals surface area (Å²) in [5.41, 5.74) is -0.204. The molecule has 0 fully saturated rings. The third-order valence-electron chi connectivity index (χ3n) is 3.09. The van der Waals surface area contributed by atoms with E-state index in [9.17, 15) is 35.9 Å². The first kappa shape index (κ1) is 16.3. The van der Waals surface area contributed by atoms with Crippen LogP contribution >= 0.6 is 20.4 Å². The average molecular weight is 452 g/mol. The molecular formula is C12H7F6IN2O2. The minimum atomic E-state index is -4.76. The Morgan fingerprint density at radius 1 is 0.826 bits per heavy atom. The van der Waals surface area contributed by atoms with Crippen LogP contribution in [-0.2, 0) is 0 Å². The van der Waals surface area contributed by atoms with Crippen LogP contribution < -0.4 is 0 Å². The maximum absolute atomic E-state index is 12.7. The minimum absolute atomic E-state index is 0.0696. The molecule has 2 aliphatic heterocycles. The van der Waals surface area contributed by atoms with Gasteiger partial charge in [0.25, 0.3) is 0 Å². The fourth-order valence-electron chi connectivity index (χ4n) is 2.34. The van der Waals surface area contributed by atoms with E-state index in [2.05, 4.69) is 0 Å². The molecule has 0 unspecified atom stereocenters. The van der Waals surface area contributed by atoms with Gasteiger partial charge in [0, 0.05) is 0 Å². The summed E-state index contributed by atoms with van der Waals surface area (Å²) in [6.45, 7) is -3.32. The zero-order valence-corrected chi connectivity index (χ0v) is 13.2. The first-order valence-electron chi connectivity index (χ1n) is 6.10. The molecule has 2 amide bonds. The predicted octanol–water partition coefficient (Wildman–Crippen LogP) is 3.23. The van der Waals surface area contributed by atoms with Crippen molar-refractivity contribution < 1.29 is 35.9 Å². The molecule has 3 rings (SSSR count). The summed E-state index contributed by atoms with van der Waals surface area (Å²) in [5.74, 6) is -1.94. The number of hydrogen-bond donors (Lipinski definition) is 0. The van der Waals surface area contributed by atoms with Crippen LogP contribution in [0.25, 0.3) is 0 Å². The van der Waals surface area contributed by atoms with E-state index in [-0.39, 0.29) is 14.7 Å². The quantitative estimate of drug-likeness (QED) is 0.393. The summed E-state index contributed by atoms with van der Waals surface area (Å²) in [4.78, 5) is 24.3. The SMILES string of the molecule is O=C1c2cccc3c2I(N1CC(F)(F)F)N(CC(F)(F)F)C3=O. The molecule has 0 atom stereocenters. The van der Waals surface area contributed by atoms with E-state index in [4.69, 9.17) is 0 Å². The van der Waals surface area contributed by atoms with Crippen molar-refractivity contribution in [3.05, 3.63) is 32.9 Å². The summed E-state index contributed by atoms with van der Waals surface area (Å²) >= 11 is -3.60. The molecule has 1 aromatic rings. The van der Waals surface area contributed by atoms with Crippen molar-refractivity contribution >= 4 is 32.2 Å². The fourth-order valence-corrected chi connectivity index (χ4v) is 8.76. The summed E-state index contributed by atoms with van der Waals surface area (Å²) in [7, 11) is 0. The van der Waals surface area contributed by atoms with E-state index in [0.29, 0.717) is 6.23 Å². The van der Waals surface area contributed by atoms with Crippen molar-refractivity contribution in [1.29, 1.82) is 0 Å². The Morgan fingerprint density at radius 3 is 1.57 bits per heavy atom. The Balaban J connectivity index is 2.08. The third-order valence-corrected chi connectivity index (χ3v) is 8.98. The fraction of sp³-hybridized carbons (Fsp3) is 0.333. The van der Waals surface area contributed by atoms with Gasteiger partial charge in [-0.2, -0.15) is 0 Å². The molecule has 126 valence electrons. The van der Waals surface area contributed by atoms with Crippen molar-refractivity contribution in [2.75, 3.05) is 13.1 Å². The van der Waals surface area contributed by atoms with Gasteiger partial charge in [0.1, 0.15) is 0 Å². The van der Waals surface area contributed by atoms with Crippen LogP contribution in [-0.4, -0.2) is 43.5 Å². The van der Waals surface area contributed by atoms with Gasteiger partial charge in [0.15, 0.2) is 0 Å². The Hall–Kier alpha value is -1.53. The summed E-state index contributed by atoms with van der Waals surface area (Å²) in [5, 5.41) is 0. The van der Waals surface area contributed by atoms with Crippen molar-refractivity contribution in [3.8, 4) is 0 Å². The van der Waals surface area contributed by atoms with E-state index in [0.717, 1.165) is 0 Å². The number of halogens is 7. The van der Waals surface area contributed by atoms with Gasteiger partial charge in [-0.15, -0.1) is 0 Å². The first-order valence-corrected chi connectivity index (χ1v) is 9.11. The Labute approximate surface area is 133 Å². The van der Waals surface area contributed by atoms with Crippen LogP contribution in [0.15, 0.2) is 18.2 Å². The van der Waals surface area contributed by atoms with E-state index in [1.165, 1.54) is 18.2 Å². The van der Waals surface area contributed by atoms with Crippen LogP contribution in [0.1, 0.15) is 20.7 Å². The molecule has 0 spiro atoms. The predicted molar refractivity (Wildman–Crippen MR) is 73.3 cm³/mol. The van der Waals surface area contributed by atoms with Gasteiger partial charge in [0.2, 0.25) is 0 Å². The second kappa shape index (κ2) is 4.98. The molecule has 2 heterocycles. The van der Waals surface area contributed by atoms with E-state index in [1.54, 1.807) is 0 Å². The van der Waals surface area contributed by atoms with Crippen LogP contribution in [0, 0.1) is 3.57 Å². The molecule has 23 heavy (non-hydrogen) atoms. The van der Waals surface area contributed by atoms with Crippen molar-refractivity contribution in [3.63, 3.8) is 0 Å². The Bertz CT molecular complexity index is 648. The molecule has 1 aromatic carbocycles. The molecule has 0 saturated heterocycles. The summed E-state index contributed by atoms with van der Waals surface area (Å²) in [6.07, 6.45) is -9.52. The first-order chi connectivity index (χ1) is 10.5. The van der Waals surface area contributed by atoms with Crippen molar-refractivity contribution in [1.82, 2.24) is 6.23 Å². The molecule has 2 aliphatic rings. The molecule has 0 radical (unpaired) electrons. The van der Waals surface area contributed by atoms with E-state index in [1.807, 2.05) is 0 Å². The number of hydrogen-bond acceptors (Lipinski definition) is 2. The van der Waals surface area contributed by atoms with Crippen LogP contribution in [0.4, 0.5) is 26.3 Å².